The van der Waals surface area contributed by atoms with Crippen LogP contribution in [0, 0.1) is 6.92 Å². The third-order valence-corrected chi connectivity index (χ3v) is 5.68. The monoisotopic (exact) mass is 415 g/mol. The Balaban J connectivity index is 1.57. The average Bonchev–Trinajstić information content (AvgIpc) is 2.76. The van der Waals surface area contributed by atoms with Crippen molar-refractivity contribution in [3.63, 3.8) is 0 Å². The molecule has 0 aliphatic rings. The minimum absolute atomic E-state index is 0.0637. The minimum Gasteiger partial charge on any atom is -0.326 e. The van der Waals surface area contributed by atoms with Crippen LogP contribution < -0.4 is 10.9 Å². The molecule has 5 nitrogen and oxygen atoms in total. The van der Waals surface area contributed by atoms with Crippen LogP contribution in [0.25, 0.3) is 16.6 Å². The van der Waals surface area contributed by atoms with Gasteiger partial charge >= 0.3 is 0 Å². The van der Waals surface area contributed by atoms with Gasteiger partial charge in [-0.05, 0) is 42.8 Å². The lowest BCUT2D eigenvalue weighted by atomic mass is 10.2. The highest BCUT2D eigenvalue weighted by Crippen LogP contribution is 2.22. The number of benzene rings is 3. The molecule has 0 spiro atoms. The second kappa shape index (κ2) is 8.97. The highest BCUT2D eigenvalue weighted by atomic mass is 32.2. The van der Waals surface area contributed by atoms with Crippen LogP contribution in [0.15, 0.2) is 88.8 Å². The number of carbonyl (C=O) groups excluding carboxylic acids is 1. The van der Waals surface area contributed by atoms with E-state index < -0.39 is 0 Å². The van der Waals surface area contributed by atoms with Gasteiger partial charge in [-0.25, -0.2) is 4.98 Å². The summed E-state index contributed by atoms with van der Waals surface area (Å²) in [6.45, 7) is 1.96. The molecule has 0 unspecified atom stereocenters. The first-order chi connectivity index (χ1) is 14.6. The van der Waals surface area contributed by atoms with Crippen LogP contribution in [0.4, 0.5) is 5.69 Å². The molecule has 0 radical (unpaired) electrons. The Bertz CT molecular complexity index is 1250. The van der Waals surface area contributed by atoms with Gasteiger partial charge in [0.15, 0.2) is 5.16 Å². The lowest BCUT2D eigenvalue weighted by Gasteiger charge is -2.13. The largest absolute Gasteiger partial charge is 0.326 e. The number of aromatic nitrogens is 2. The number of nitrogens with one attached hydrogen (secondary N) is 1. The van der Waals surface area contributed by atoms with Crippen LogP contribution in [0.3, 0.4) is 0 Å². The van der Waals surface area contributed by atoms with E-state index in [0.29, 0.717) is 28.2 Å². The van der Waals surface area contributed by atoms with Gasteiger partial charge in [-0.1, -0.05) is 60.3 Å². The van der Waals surface area contributed by atoms with Gasteiger partial charge in [-0.15, -0.1) is 0 Å². The number of carbonyl (C=O) groups is 1. The second-order valence-corrected chi connectivity index (χ2v) is 7.91. The summed E-state index contributed by atoms with van der Waals surface area (Å²) >= 11 is 1.40. The Labute approximate surface area is 178 Å². The molecule has 0 saturated heterocycles. The molecule has 1 amide bonds. The number of thioether (sulfide) groups is 1. The number of amides is 1. The van der Waals surface area contributed by atoms with Gasteiger partial charge in [-0.3, -0.25) is 14.2 Å². The number of fused-ring (bicyclic) bond motifs is 1. The summed E-state index contributed by atoms with van der Waals surface area (Å²) in [4.78, 5) is 30.2. The van der Waals surface area contributed by atoms with Gasteiger partial charge in [0.1, 0.15) is 0 Å². The topological polar surface area (TPSA) is 64.0 Å². The zero-order valence-electron chi connectivity index (χ0n) is 16.5. The molecule has 0 atom stereocenters. The van der Waals surface area contributed by atoms with Crippen LogP contribution in [-0.4, -0.2) is 21.2 Å². The molecule has 1 heterocycles. The molecule has 4 aromatic rings. The quantitative estimate of drug-likeness (QED) is 0.362. The van der Waals surface area contributed by atoms with Gasteiger partial charge in [0.2, 0.25) is 5.91 Å². The summed E-state index contributed by atoms with van der Waals surface area (Å²) in [5.74, 6) is 0.446. The number of hydrogen-bond acceptors (Lipinski definition) is 4. The molecule has 150 valence electrons. The molecule has 6 heteroatoms. The predicted octanol–water partition coefficient (Wildman–Crippen LogP) is 4.82. The van der Waals surface area contributed by atoms with Crippen molar-refractivity contribution >= 4 is 34.3 Å². The summed E-state index contributed by atoms with van der Waals surface area (Å²) < 4.78 is 1.62. The third-order valence-electron chi connectivity index (χ3n) is 4.74. The normalized spacial score (nSPS) is 10.8. The highest BCUT2D eigenvalue weighted by Gasteiger charge is 2.14. The molecule has 30 heavy (non-hydrogen) atoms. The van der Waals surface area contributed by atoms with Crippen molar-refractivity contribution in [1.82, 2.24) is 9.55 Å². The van der Waals surface area contributed by atoms with E-state index in [1.54, 1.807) is 10.6 Å². The van der Waals surface area contributed by atoms with E-state index in [1.165, 1.54) is 11.8 Å². The van der Waals surface area contributed by atoms with Crippen LogP contribution in [-0.2, 0) is 4.79 Å². The summed E-state index contributed by atoms with van der Waals surface area (Å²) in [5, 5.41) is 4.09. The molecule has 3 aromatic carbocycles. The Morgan fingerprint density at radius 1 is 0.967 bits per heavy atom. The van der Waals surface area contributed by atoms with Crippen molar-refractivity contribution in [1.29, 1.82) is 0 Å². The van der Waals surface area contributed by atoms with Crippen molar-refractivity contribution in [2.75, 3.05) is 11.1 Å². The summed E-state index contributed by atoms with van der Waals surface area (Å²) in [7, 11) is 0. The van der Waals surface area contributed by atoms with Crippen molar-refractivity contribution < 1.29 is 4.79 Å². The minimum atomic E-state index is -0.112. The van der Waals surface area contributed by atoms with Crippen LogP contribution >= 0.6 is 11.8 Å². The fourth-order valence-corrected chi connectivity index (χ4v) is 4.13. The highest BCUT2D eigenvalue weighted by molar-refractivity contribution is 7.99. The van der Waals surface area contributed by atoms with Crippen molar-refractivity contribution in [3.05, 3.63) is 94.8 Å². The van der Waals surface area contributed by atoms with Crippen molar-refractivity contribution in [3.8, 4) is 5.69 Å². The SMILES string of the molecule is Cc1ccccc1NC(=O)CCSc1nc2ccccc2c(=O)n1-c1ccccc1. The van der Waals surface area contributed by atoms with E-state index in [2.05, 4.69) is 5.32 Å². The van der Waals surface area contributed by atoms with Gasteiger partial charge in [0, 0.05) is 17.9 Å². The van der Waals surface area contributed by atoms with E-state index in [-0.39, 0.29) is 11.5 Å². The maximum Gasteiger partial charge on any atom is 0.266 e. The number of para-hydroxylation sites is 3. The first kappa shape index (κ1) is 19.9. The van der Waals surface area contributed by atoms with Crippen LogP contribution in [0.1, 0.15) is 12.0 Å². The second-order valence-electron chi connectivity index (χ2n) is 6.85. The van der Waals surface area contributed by atoms with Gasteiger partial charge in [0.25, 0.3) is 5.56 Å². The number of hydrogen-bond donors (Lipinski definition) is 1. The van der Waals surface area contributed by atoms with Crippen molar-refractivity contribution in [2.24, 2.45) is 0 Å². The Hall–Kier alpha value is -3.38. The van der Waals surface area contributed by atoms with Crippen LogP contribution in [0.2, 0.25) is 0 Å². The van der Waals surface area contributed by atoms with Gasteiger partial charge in [0.05, 0.1) is 16.6 Å². The maximum atomic E-state index is 13.2. The summed E-state index contributed by atoms with van der Waals surface area (Å²) in [5.41, 5.74) is 3.14. The maximum absolute atomic E-state index is 13.2. The smallest absolute Gasteiger partial charge is 0.266 e. The molecule has 1 aromatic heterocycles. The lowest BCUT2D eigenvalue weighted by Crippen LogP contribution is -2.22. The van der Waals surface area contributed by atoms with E-state index in [9.17, 15) is 9.59 Å². The summed E-state index contributed by atoms with van der Waals surface area (Å²) in [6.07, 6.45) is 0.316. The zero-order chi connectivity index (χ0) is 20.9. The Kier molecular flexibility index (Phi) is 5.95. The third kappa shape index (κ3) is 4.28. The van der Waals surface area contributed by atoms with E-state index >= 15 is 0 Å². The summed E-state index contributed by atoms with van der Waals surface area (Å²) in [6, 6.07) is 24.5. The number of rotatable bonds is 6. The first-order valence-electron chi connectivity index (χ1n) is 9.69. The van der Waals surface area contributed by atoms with E-state index in [1.807, 2.05) is 79.7 Å². The average molecular weight is 416 g/mol. The zero-order valence-corrected chi connectivity index (χ0v) is 17.4. The lowest BCUT2D eigenvalue weighted by molar-refractivity contribution is -0.115. The van der Waals surface area contributed by atoms with E-state index in [4.69, 9.17) is 4.98 Å². The molecule has 0 aliphatic carbocycles. The molecule has 1 N–H and O–H groups in total. The fourth-order valence-electron chi connectivity index (χ4n) is 3.17. The molecule has 0 fully saturated rings. The van der Waals surface area contributed by atoms with Gasteiger partial charge < -0.3 is 5.32 Å². The predicted molar refractivity (Wildman–Crippen MR) is 122 cm³/mol. The number of anilines is 1. The molecule has 0 aliphatic heterocycles. The molecular weight excluding hydrogens is 394 g/mol. The van der Waals surface area contributed by atoms with E-state index in [0.717, 1.165) is 16.9 Å². The van der Waals surface area contributed by atoms with Crippen molar-refractivity contribution in [2.45, 2.75) is 18.5 Å². The van der Waals surface area contributed by atoms with Crippen LogP contribution in [0.5, 0.6) is 0 Å². The molecule has 0 saturated carbocycles. The first-order valence-corrected chi connectivity index (χ1v) is 10.7. The molecular formula is C24H21N3O2S. The Morgan fingerprint density at radius 2 is 1.67 bits per heavy atom. The standard InChI is InChI=1S/C24H21N3O2S/c1-17-9-5-7-13-20(17)25-22(28)15-16-30-24-26-21-14-8-6-12-19(21)23(29)27(24)18-10-3-2-4-11-18/h2-14H,15-16H2,1H3,(H,25,28). The van der Waals surface area contributed by atoms with Gasteiger partial charge in [-0.2, -0.15) is 0 Å². The number of nitrogens with zero attached hydrogens (tertiary/aromatic N) is 2. The Morgan fingerprint density at radius 3 is 2.47 bits per heavy atom. The number of aryl methyl sites for hydroxylation is 1. The molecule has 4 rings (SSSR count). The fraction of sp³-hybridized carbons (Fsp3) is 0.125. The molecule has 0 bridgehead atoms.